The standard InChI is InChI=1S/C23H25NO6/c1-4-24-21(15-9-12-18(28-5-2)19(14-15)29-6-3)20(22(26)23(24)27)17(25)11-10-16-8-7-13-30-16/h7-14,21,26H,4-6H2,1-3H3/b11-10+. The average molecular weight is 411 g/mol. The Balaban J connectivity index is 2.02. The van der Waals surface area contributed by atoms with E-state index in [2.05, 4.69) is 0 Å². The number of aliphatic hydroxyl groups is 1. The molecule has 1 aromatic carbocycles. The molecule has 7 nitrogen and oxygen atoms in total. The second-order valence-electron chi connectivity index (χ2n) is 6.54. The second kappa shape index (κ2) is 9.35. The molecule has 1 N–H and O–H groups in total. The Kier molecular flexibility index (Phi) is 6.61. The van der Waals surface area contributed by atoms with Crippen molar-refractivity contribution < 1.29 is 28.6 Å². The molecule has 158 valence electrons. The minimum absolute atomic E-state index is 0.0243. The summed E-state index contributed by atoms with van der Waals surface area (Å²) in [4.78, 5) is 27.0. The largest absolute Gasteiger partial charge is 0.503 e. The Labute approximate surface area is 175 Å². The van der Waals surface area contributed by atoms with Crippen LogP contribution in [0.4, 0.5) is 0 Å². The maximum atomic E-state index is 12.9. The fraction of sp³-hybridized carbons (Fsp3) is 0.304. The van der Waals surface area contributed by atoms with E-state index < -0.39 is 23.5 Å². The fourth-order valence-electron chi connectivity index (χ4n) is 3.45. The Morgan fingerprint density at radius 3 is 2.53 bits per heavy atom. The number of carbonyl (C=O) groups excluding carboxylic acids is 2. The molecular weight excluding hydrogens is 386 g/mol. The molecule has 1 unspecified atom stereocenters. The minimum Gasteiger partial charge on any atom is -0.503 e. The van der Waals surface area contributed by atoms with Gasteiger partial charge in [-0.1, -0.05) is 6.07 Å². The Morgan fingerprint density at radius 1 is 1.17 bits per heavy atom. The number of nitrogens with zero attached hydrogens (tertiary/aromatic N) is 1. The molecule has 2 aromatic rings. The van der Waals surface area contributed by atoms with Gasteiger partial charge in [0.25, 0.3) is 5.91 Å². The molecule has 1 aliphatic heterocycles. The topological polar surface area (TPSA) is 89.2 Å². The third-order valence-electron chi connectivity index (χ3n) is 4.74. The van der Waals surface area contributed by atoms with Crippen molar-refractivity contribution >= 4 is 17.8 Å². The summed E-state index contributed by atoms with van der Waals surface area (Å²) < 4.78 is 16.5. The molecular formula is C23H25NO6. The van der Waals surface area contributed by atoms with E-state index in [9.17, 15) is 14.7 Å². The highest BCUT2D eigenvalue weighted by Crippen LogP contribution is 2.40. The van der Waals surface area contributed by atoms with Crippen LogP contribution in [0.5, 0.6) is 11.5 Å². The Bertz CT molecular complexity index is 974. The van der Waals surface area contributed by atoms with Crippen LogP contribution in [0.25, 0.3) is 6.08 Å². The van der Waals surface area contributed by atoms with Gasteiger partial charge >= 0.3 is 0 Å². The number of hydrogen-bond donors (Lipinski definition) is 1. The number of ether oxygens (including phenoxy) is 2. The van der Waals surface area contributed by atoms with Crippen LogP contribution < -0.4 is 9.47 Å². The lowest BCUT2D eigenvalue weighted by Crippen LogP contribution is -2.30. The summed E-state index contributed by atoms with van der Waals surface area (Å²) in [6.07, 6.45) is 4.29. The van der Waals surface area contributed by atoms with Crippen molar-refractivity contribution in [1.29, 1.82) is 0 Å². The Hall–Kier alpha value is -3.48. The van der Waals surface area contributed by atoms with Gasteiger partial charge in [0.1, 0.15) is 5.76 Å². The number of hydrogen-bond acceptors (Lipinski definition) is 6. The van der Waals surface area contributed by atoms with Gasteiger partial charge in [-0.05, 0) is 62.8 Å². The number of benzene rings is 1. The SMILES string of the molecule is CCOc1ccc(C2C(C(=O)/C=C/c3ccco3)=C(O)C(=O)N2CC)cc1OCC. The van der Waals surface area contributed by atoms with Gasteiger partial charge in [-0.15, -0.1) is 0 Å². The van der Waals surface area contributed by atoms with Crippen LogP contribution in [0.3, 0.4) is 0 Å². The number of likely N-dealkylation sites (N-methyl/N-ethyl adjacent to an activating group) is 1. The van der Waals surface area contributed by atoms with Crippen molar-refractivity contribution in [2.75, 3.05) is 19.8 Å². The van der Waals surface area contributed by atoms with Crippen molar-refractivity contribution in [3.05, 3.63) is 65.3 Å². The number of ketones is 1. The van der Waals surface area contributed by atoms with Gasteiger partial charge < -0.3 is 23.9 Å². The van der Waals surface area contributed by atoms with Crippen LogP contribution in [-0.2, 0) is 9.59 Å². The zero-order valence-electron chi connectivity index (χ0n) is 17.3. The van der Waals surface area contributed by atoms with E-state index in [0.29, 0.717) is 42.6 Å². The molecule has 0 spiro atoms. The van der Waals surface area contributed by atoms with Crippen molar-refractivity contribution in [1.82, 2.24) is 4.90 Å². The molecule has 3 rings (SSSR count). The van der Waals surface area contributed by atoms with Crippen LogP contribution in [0.15, 0.2) is 58.4 Å². The lowest BCUT2D eigenvalue weighted by atomic mass is 9.95. The molecule has 30 heavy (non-hydrogen) atoms. The van der Waals surface area contributed by atoms with Gasteiger partial charge in [-0.25, -0.2) is 0 Å². The summed E-state index contributed by atoms with van der Waals surface area (Å²) >= 11 is 0. The van der Waals surface area contributed by atoms with E-state index >= 15 is 0 Å². The number of amides is 1. The zero-order chi connectivity index (χ0) is 21.7. The number of furan rings is 1. The number of aliphatic hydroxyl groups excluding tert-OH is 1. The van der Waals surface area contributed by atoms with Crippen molar-refractivity contribution in [2.24, 2.45) is 0 Å². The van der Waals surface area contributed by atoms with Gasteiger partial charge in [0.2, 0.25) is 0 Å². The first-order chi connectivity index (χ1) is 14.5. The van der Waals surface area contributed by atoms with Crippen molar-refractivity contribution in [3.8, 4) is 11.5 Å². The molecule has 0 bridgehead atoms. The van der Waals surface area contributed by atoms with E-state index in [1.54, 1.807) is 37.3 Å². The maximum Gasteiger partial charge on any atom is 0.290 e. The van der Waals surface area contributed by atoms with Crippen LogP contribution in [0.1, 0.15) is 38.1 Å². The molecule has 0 radical (unpaired) electrons. The molecule has 0 saturated heterocycles. The predicted octanol–water partition coefficient (Wildman–Crippen LogP) is 4.07. The highest BCUT2D eigenvalue weighted by atomic mass is 16.5. The maximum absolute atomic E-state index is 12.9. The zero-order valence-corrected chi connectivity index (χ0v) is 17.3. The highest BCUT2D eigenvalue weighted by molar-refractivity contribution is 6.14. The van der Waals surface area contributed by atoms with Crippen LogP contribution in [0, 0.1) is 0 Å². The molecule has 1 aliphatic rings. The van der Waals surface area contributed by atoms with Crippen LogP contribution in [-0.4, -0.2) is 41.5 Å². The molecule has 1 aromatic heterocycles. The Morgan fingerprint density at radius 2 is 1.90 bits per heavy atom. The molecule has 0 fully saturated rings. The van der Waals surface area contributed by atoms with Crippen LogP contribution >= 0.6 is 0 Å². The van der Waals surface area contributed by atoms with Gasteiger partial charge in [0.15, 0.2) is 23.0 Å². The van der Waals surface area contributed by atoms with Gasteiger partial charge in [-0.3, -0.25) is 9.59 Å². The lowest BCUT2D eigenvalue weighted by Gasteiger charge is -2.26. The smallest absolute Gasteiger partial charge is 0.290 e. The quantitative estimate of drug-likeness (QED) is 0.626. The molecule has 2 heterocycles. The summed E-state index contributed by atoms with van der Waals surface area (Å²) in [5.74, 6) is 0.00669. The van der Waals surface area contributed by atoms with E-state index in [0.717, 1.165) is 0 Å². The average Bonchev–Trinajstić information content (AvgIpc) is 3.34. The van der Waals surface area contributed by atoms with Gasteiger partial charge in [-0.2, -0.15) is 0 Å². The summed E-state index contributed by atoms with van der Waals surface area (Å²) in [6.45, 7) is 6.76. The highest BCUT2D eigenvalue weighted by Gasteiger charge is 2.42. The van der Waals surface area contributed by atoms with E-state index in [-0.39, 0.29) is 5.57 Å². The van der Waals surface area contributed by atoms with Crippen molar-refractivity contribution in [3.63, 3.8) is 0 Å². The fourth-order valence-corrected chi connectivity index (χ4v) is 3.45. The molecule has 1 atom stereocenters. The summed E-state index contributed by atoms with van der Waals surface area (Å²) in [5, 5.41) is 10.5. The lowest BCUT2D eigenvalue weighted by molar-refractivity contribution is -0.129. The first kappa shape index (κ1) is 21.2. The molecule has 0 saturated carbocycles. The molecule has 0 aliphatic carbocycles. The molecule has 7 heteroatoms. The minimum atomic E-state index is -0.730. The van der Waals surface area contributed by atoms with Gasteiger partial charge in [0, 0.05) is 6.54 Å². The molecule has 1 amide bonds. The second-order valence-corrected chi connectivity index (χ2v) is 6.54. The third-order valence-corrected chi connectivity index (χ3v) is 4.74. The summed E-state index contributed by atoms with van der Waals surface area (Å²) in [7, 11) is 0. The number of carbonyl (C=O) groups is 2. The van der Waals surface area contributed by atoms with Crippen molar-refractivity contribution in [2.45, 2.75) is 26.8 Å². The normalized spacial score (nSPS) is 16.6. The summed E-state index contributed by atoms with van der Waals surface area (Å²) in [5.41, 5.74) is 0.673. The number of allylic oxidation sites excluding steroid dienone is 1. The first-order valence-corrected chi connectivity index (χ1v) is 9.91. The van der Waals surface area contributed by atoms with E-state index in [4.69, 9.17) is 13.9 Å². The van der Waals surface area contributed by atoms with Crippen LogP contribution in [0.2, 0.25) is 0 Å². The monoisotopic (exact) mass is 411 g/mol. The van der Waals surface area contributed by atoms with E-state index in [1.165, 1.54) is 23.3 Å². The first-order valence-electron chi connectivity index (χ1n) is 9.91. The summed E-state index contributed by atoms with van der Waals surface area (Å²) in [6, 6.07) is 7.95. The predicted molar refractivity (Wildman–Crippen MR) is 111 cm³/mol. The van der Waals surface area contributed by atoms with Gasteiger partial charge in [0.05, 0.1) is 31.1 Å². The number of rotatable bonds is 9. The van der Waals surface area contributed by atoms with E-state index in [1.807, 2.05) is 13.8 Å². The third kappa shape index (κ3) is 4.10.